The van der Waals surface area contributed by atoms with E-state index in [9.17, 15) is 8.42 Å². The molecule has 0 radical (unpaired) electrons. The average Bonchev–Trinajstić information content (AvgIpc) is 2.68. The Balaban J connectivity index is 2.32. The Hall–Kier alpha value is -0.590. The van der Waals surface area contributed by atoms with Gasteiger partial charge >= 0.3 is 0 Å². The predicted octanol–water partition coefficient (Wildman–Crippen LogP) is 3.54. The molecule has 0 bridgehead atoms. The van der Waals surface area contributed by atoms with Crippen LogP contribution in [0.15, 0.2) is 21.5 Å². The molecule has 1 saturated heterocycles. The van der Waals surface area contributed by atoms with E-state index in [-0.39, 0.29) is 0 Å². The monoisotopic (exact) mass is 374 g/mol. The number of aryl methyl sites for hydroxylation is 1. The summed E-state index contributed by atoms with van der Waals surface area (Å²) in [4.78, 5) is 0.332. The number of nitrogens with two attached hydrogens (primary N) is 1. The molecule has 1 aliphatic rings. The maximum Gasteiger partial charge on any atom is 0.243 e. The highest BCUT2D eigenvalue weighted by Crippen LogP contribution is 2.30. The van der Waals surface area contributed by atoms with E-state index >= 15 is 0 Å². The first kappa shape index (κ1) is 16.8. The molecule has 1 aromatic rings. The van der Waals surface area contributed by atoms with Crippen molar-refractivity contribution < 1.29 is 8.42 Å². The summed E-state index contributed by atoms with van der Waals surface area (Å²) in [7, 11) is -3.45. The quantitative estimate of drug-likeness (QED) is 0.822. The molecular weight excluding hydrogens is 352 g/mol. The predicted molar refractivity (Wildman–Crippen MR) is 89.7 cm³/mol. The summed E-state index contributed by atoms with van der Waals surface area (Å²) in [6.45, 7) is 5.20. The Morgan fingerprint density at radius 3 is 2.71 bits per heavy atom. The molecule has 6 heteroatoms. The van der Waals surface area contributed by atoms with Crippen LogP contribution in [0, 0.1) is 12.8 Å². The van der Waals surface area contributed by atoms with Gasteiger partial charge in [0.1, 0.15) is 0 Å². The molecule has 4 nitrogen and oxygen atoms in total. The number of nitrogens with zero attached hydrogens (tertiary/aromatic N) is 1. The molecule has 21 heavy (non-hydrogen) atoms. The number of halogens is 1. The van der Waals surface area contributed by atoms with Gasteiger partial charge in [-0.25, -0.2) is 8.42 Å². The lowest BCUT2D eigenvalue weighted by atomic mass is 9.98. The van der Waals surface area contributed by atoms with Crippen molar-refractivity contribution in [3.05, 3.63) is 22.2 Å². The summed E-state index contributed by atoms with van der Waals surface area (Å²) in [5, 5.41) is 0. The molecule has 0 aliphatic carbocycles. The van der Waals surface area contributed by atoms with Gasteiger partial charge < -0.3 is 5.73 Å². The number of benzene rings is 1. The fourth-order valence-electron chi connectivity index (χ4n) is 2.87. The minimum Gasteiger partial charge on any atom is -0.398 e. The topological polar surface area (TPSA) is 63.4 Å². The third kappa shape index (κ3) is 3.60. The van der Waals surface area contributed by atoms with Gasteiger partial charge in [-0.2, -0.15) is 4.31 Å². The van der Waals surface area contributed by atoms with Gasteiger partial charge in [-0.15, -0.1) is 0 Å². The lowest BCUT2D eigenvalue weighted by Gasteiger charge is -2.22. The molecule has 118 valence electrons. The van der Waals surface area contributed by atoms with Gasteiger partial charge in [0.25, 0.3) is 0 Å². The molecule has 1 atom stereocenters. The van der Waals surface area contributed by atoms with E-state index in [4.69, 9.17) is 5.73 Å². The highest BCUT2D eigenvalue weighted by Gasteiger charge is 2.28. The fraction of sp³-hybridized carbons (Fsp3) is 0.600. The van der Waals surface area contributed by atoms with Crippen molar-refractivity contribution >= 4 is 31.6 Å². The average molecular weight is 375 g/mol. The van der Waals surface area contributed by atoms with Crippen molar-refractivity contribution in [2.45, 2.75) is 44.4 Å². The molecule has 1 heterocycles. The van der Waals surface area contributed by atoms with Gasteiger partial charge in [-0.3, -0.25) is 0 Å². The largest absolute Gasteiger partial charge is 0.398 e. The zero-order valence-corrected chi connectivity index (χ0v) is 15.0. The van der Waals surface area contributed by atoms with Crippen molar-refractivity contribution in [2.75, 3.05) is 18.8 Å². The second-order valence-corrected chi connectivity index (χ2v) is 8.51. The van der Waals surface area contributed by atoms with Gasteiger partial charge in [-0.1, -0.05) is 13.3 Å². The van der Waals surface area contributed by atoms with E-state index < -0.39 is 10.0 Å². The fourth-order valence-corrected chi connectivity index (χ4v) is 5.07. The van der Waals surface area contributed by atoms with Crippen molar-refractivity contribution in [2.24, 2.45) is 5.92 Å². The number of nitrogen functional groups attached to an aromatic ring is 1. The molecule has 1 aliphatic heterocycles. The third-order valence-corrected chi connectivity index (χ3v) is 7.02. The summed E-state index contributed by atoms with van der Waals surface area (Å²) >= 11 is 3.34. The number of anilines is 1. The minimum atomic E-state index is -3.45. The van der Waals surface area contributed by atoms with E-state index in [1.807, 2.05) is 6.92 Å². The van der Waals surface area contributed by atoms with E-state index in [0.717, 1.165) is 35.7 Å². The Bertz CT molecular complexity index is 616. The second kappa shape index (κ2) is 6.67. The Labute approximate surface area is 135 Å². The molecule has 1 fully saturated rings. The van der Waals surface area contributed by atoms with Crippen LogP contribution in [0.25, 0.3) is 0 Å². The third-order valence-electron chi connectivity index (χ3n) is 4.30. The molecule has 1 aromatic carbocycles. The van der Waals surface area contributed by atoms with Crippen LogP contribution in [0.4, 0.5) is 5.69 Å². The number of sulfonamides is 1. The van der Waals surface area contributed by atoms with Crippen LogP contribution in [0.3, 0.4) is 0 Å². The van der Waals surface area contributed by atoms with Crippen molar-refractivity contribution in [3.8, 4) is 0 Å². The molecule has 0 spiro atoms. The molecule has 0 amide bonds. The summed E-state index contributed by atoms with van der Waals surface area (Å²) in [6, 6.07) is 3.34. The van der Waals surface area contributed by atoms with E-state index in [0.29, 0.717) is 29.6 Å². The molecule has 2 N–H and O–H groups in total. The lowest BCUT2D eigenvalue weighted by Crippen LogP contribution is -2.32. The van der Waals surface area contributed by atoms with E-state index in [1.54, 1.807) is 16.4 Å². The number of hydrogen-bond donors (Lipinski definition) is 1. The summed E-state index contributed by atoms with van der Waals surface area (Å²) in [5.41, 5.74) is 7.05. The van der Waals surface area contributed by atoms with Crippen LogP contribution in [-0.2, 0) is 10.0 Å². The van der Waals surface area contributed by atoms with E-state index in [1.165, 1.54) is 0 Å². The number of hydrogen-bond acceptors (Lipinski definition) is 3. The van der Waals surface area contributed by atoms with Crippen molar-refractivity contribution in [1.29, 1.82) is 0 Å². The Morgan fingerprint density at radius 2 is 2.05 bits per heavy atom. The summed E-state index contributed by atoms with van der Waals surface area (Å²) in [6.07, 6.45) is 4.12. The van der Waals surface area contributed by atoms with E-state index in [2.05, 4.69) is 22.9 Å². The van der Waals surface area contributed by atoms with Crippen LogP contribution in [0.2, 0.25) is 0 Å². The van der Waals surface area contributed by atoms with Crippen molar-refractivity contribution in [3.63, 3.8) is 0 Å². The van der Waals surface area contributed by atoms with Crippen LogP contribution in [0.1, 0.15) is 38.2 Å². The first-order valence-corrected chi connectivity index (χ1v) is 9.65. The summed E-state index contributed by atoms with van der Waals surface area (Å²) < 4.78 is 28.1. The highest BCUT2D eigenvalue weighted by molar-refractivity contribution is 9.10. The SMILES string of the molecule is CCC1CCCN(S(=O)(=O)c2cc(N)c(Br)cc2C)CC1. The Kier molecular flexibility index (Phi) is 5.33. The molecule has 1 unspecified atom stereocenters. The minimum absolute atomic E-state index is 0.332. The normalized spacial score (nSPS) is 21.2. The van der Waals surface area contributed by atoms with Crippen LogP contribution in [0.5, 0.6) is 0 Å². The molecular formula is C15H23BrN2O2S. The maximum absolute atomic E-state index is 12.9. The zero-order chi connectivity index (χ0) is 15.6. The molecule has 0 saturated carbocycles. The van der Waals surface area contributed by atoms with Gasteiger partial charge in [0.15, 0.2) is 0 Å². The highest BCUT2D eigenvalue weighted by atomic mass is 79.9. The standard InChI is InChI=1S/C15H23BrN2O2S/c1-3-12-5-4-7-18(8-6-12)21(19,20)15-10-14(17)13(16)9-11(15)2/h9-10,12H,3-8,17H2,1-2H3. The van der Waals surface area contributed by atoms with Gasteiger partial charge in [0.05, 0.1) is 4.90 Å². The second-order valence-electron chi connectivity index (χ2n) is 5.75. The Morgan fingerprint density at radius 1 is 1.33 bits per heavy atom. The zero-order valence-electron chi connectivity index (χ0n) is 12.6. The van der Waals surface area contributed by atoms with Crippen LogP contribution >= 0.6 is 15.9 Å². The van der Waals surface area contributed by atoms with Crippen molar-refractivity contribution in [1.82, 2.24) is 4.31 Å². The smallest absolute Gasteiger partial charge is 0.243 e. The lowest BCUT2D eigenvalue weighted by molar-refractivity contribution is 0.407. The van der Waals surface area contributed by atoms with Crippen LogP contribution in [-0.4, -0.2) is 25.8 Å². The first-order chi connectivity index (χ1) is 9.86. The summed E-state index contributed by atoms with van der Waals surface area (Å²) in [5.74, 6) is 0.640. The van der Waals surface area contributed by atoms with Gasteiger partial charge in [-0.05, 0) is 65.7 Å². The maximum atomic E-state index is 12.9. The number of rotatable bonds is 3. The van der Waals surface area contributed by atoms with Gasteiger partial charge in [0.2, 0.25) is 10.0 Å². The molecule has 2 rings (SSSR count). The van der Waals surface area contributed by atoms with Gasteiger partial charge in [0, 0.05) is 23.2 Å². The molecule has 0 aromatic heterocycles. The van der Waals surface area contributed by atoms with Crippen LogP contribution < -0.4 is 5.73 Å². The first-order valence-electron chi connectivity index (χ1n) is 7.42.